The summed E-state index contributed by atoms with van der Waals surface area (Å²) in [4.78, 5) is 22.6. The Bertz CT molecular complexity index is 660. The zero-order chi connectivity index (χ0) is 16.2. The van der Waals surface area contributed by atoms with Gasteiger partial charge in [0.15, 0.2) is 5.82 Å². The van der Waals surface area contributed by atoms with Gasteiger partial charge in [-0.25, -0.2) is 14.8 Å². The molecule has 0 spiro atoms. The lowest BCUT2D eigenvalue weighted by Crippen LogP contribution is -2.42. The predicted octanol–water partition coefficient (Wildman–Crippen LogP) is 2.38. The Morgan fingerprint density at radius 1 is 1.30 bits per heavy atom. The molecule has 1 saturated heterocycles. The summed E-state index contributed by atoms with van der Waals surface area (Å²) in [6.45, 7) is 2.69. The molecule has 0 saturated carbocycles. The number of amides is 2. The van der Waals surface area contributed by atoms with Crippen molar-refractivity contribution in [1.29, 1.82) is 0 Å². The van der Waals surface area contributed by atoms with Crippen LogP contribution < -0.4 is 5.32 Å². The van der Waals surface area contributed by atoms with Gasteiger partial charge in [-0.2, -0.15) is 0 Å². The number of carbonyl (C=O) groups excluding carboxylic acids is 1. The highest BCUT2D eigenvalue weighted by atomic mass is 16.3. The molecule has 3 rings (SSSR count). The van der Waals surface area contributed by atoms with Gasteiger partial charge in [0.1, 0.15) is 0 Å². The minimum absolute atomic E-state index is 0.0158. The summed E-state index contributed by atoms with van der Waals surface area (Å²) < 4.78 is 0. The zero-order valence-corrected chi connectivity index (χ0v) is 13.0. The number of anilines is 1. The van der Waals surface area contributed by atoms with Crippen LogP contribution in [0.15, 0.2) is 42.7 Å². The summed E-state index contributed by atoms with van der Waals surface area (Å²) in [5.74, 6) is 0.925. The molecule has 1 aromatic heterocycles. The van der Waals surface area contributed by atoms with Crippen LogP contribution in [0.25, 0.3) is 11.4 Å². The Morgan fingerprint density at radius 2 is 2.00 bits per heavy atom. The van der Waals surface area contributed by atoms with Crippen LogP contribution in [0.1, 0.15) is 13.3 Å². The highest BCUT2D eigenvalue weighted by Gasteiger charge is 2.33. The number of hydrogen-bond donors (Lipinski definition) is 2. The van der Waals surface area contributed by atoms with Crippen molar-refractivity contribution in [3.05, 3.63) is 42.7 Å². The van der Waals surface area contributed by atoms with E-state index in [4.69, 9.17) is 0 Å². The lowest BCUT2D eigenvalue weighted by Gasteiger charge is -2.25. The van der Waals surface area contributed by atoms with E-state index < -0.39 is 0 Å². The van der Waals surface area contributed by atoms with Gasteiger partial charge < -0.3 is 15.3 Å². The first kappa shape index (κ1) is 15.4. The first-order valence-corrected chi connectivity index (χ1v) is 7.75. The molecule has 120 valence electrons. The third kappa shape index (κ3) is 3.32. The molecular formula is C17H20N4O2. The van der Waals surface area contributed by atoms with Crippen LogP contribution in [-0.4, -0.2) is 45.2 Å². The molecular weight excluding hydrogens is 292 g/mol. The number of aromatic nitrogens is 2. The number of likely N-dealkylation sites (tertiary alicyclic amines) is 1. The lowest BCUT2D eigenvalue weighted by atomic mass is 10.0. The van der Waals surface area contributed by atoms with Crippen LogP contribution in [0.4, 0.5) is 10.5 Å². The average Bonchev–Trinajstić information content (AvgIpc) is 2.97. The van der Waals surface area contributed by atoms with Gasteiger partial charge >= 0.3 is 6.03 Å². The Kier molecular flexibility index (Phi) is 4.52. The second-order valence-electron chi connectivity index (χ2n) is 5.80. The second-order valence-corrected chi connectivity index (χ2v) is 5.80. The number of aliphatic hydroxyl groups is 1. The zero-order valence-electron chi connectivity index (χ0n) is 13.0. The van der Waals surface area contributed by atoms with Crippen LogP contribution >= 0.6 is 0 Å². The summed E-state index contributed by atoms with van der Waals surface area (Å²) in [7, 11) is 0. The van der Waals surface area contributed by atoms with Crippen LogP contribution in [0.2, 0.25) is 0 Å². The summed E-state index contributed by atoms with van der Waals surface area (Å²) >= 11 is 0. The summed E-state index contributed by atoms with van der Waals surface area (Å²) in [5.41, 5.74) is 1.48. The van der Waals surface area contributed by atoms with E-state index in [-0.39, 0.29) is 18.7 Å². The quantitative estimate of drug-likeness (QED) is 0.912. The number of rotatable bonds is 3. The fourth-order valence-corrected chi connectivity index (χ4v) is 2.86. The molecule has 0 bridgehead atoms. The minimum atomic E-state index is -0.218. The van der Waals surface area contributed by atoms with E-state index in [1.807, 2.05) is 37.3 Å². The van der Waals surface area contributed by atoms with E-state index in [9.17, 15) is 9.90 Å². The Labute approximate surface area is 135 Å². The SMILES string of the molecule is C[C@H]1CCN(C(=O)Nc2cnc(-c3ccccc3)nc2)[C@@H]1CO. The topological polar surface area (TPSA) is 78.4 Å². The van der Waals surface area contributed by atoms with E-state index in [2.05, 4.69) is 15.3 Å². The monoisotopic (exact) mass is 312 g/mol. The molecule has 6 heteroatoms. The standard InChI is InChI=1S/C17H20N4O2/c1-12-7-8-21(15(12)11-22)17(23)20-14-9-18-16(19-10-14)13-5-3-2-4-6-13/h2-6,9-10,12,15,22H,7-8,11H2,1H3,(H,20,23)/t12-,15+/m0/s1. The van der Waals surface area contributed by atoms with Crippen LogP contribution in [0.5, 0.6) is 0 Å². The van der Waals surface area contributed by atoms with E-state index in [1.165, 1.54) is 0 Å². The van der Waals surface area contributed by atoms with Crippen LogP contribution in [0, 0.1) is 5.92 Å². The molecule has 1 aliphatic heterocycles. The van der Waals surface area contributed by atoms with Crippen molar-refractivity contribution >= 4 is 11.7 Å². The lowest BCUT2D eigenvalue weighted by molar-refractivity contribution is 0.152. The fraction of sp³-hybridized carbons (Fsp3) is 0.353. The normalized spacial score (nSPS) is 20.5. The van der Waals surface area contributed by atoms with Gasteiger partial charge in [0, 0.05) is 12.1 Å². The maximum atomic E-state index is 12.3. The number of nitrogens with one attached hydrogen (secondary N) is 1. The fourth-order valence-electron chi connectivity index (χ4n) is 2.86. The molecule has 2 aromatic rings. The molecule has 1 aliphatic rings. The summed E-state index contributed by atoms with van der Waals surface area (Å²) in [6.07, 6.45) is 4.10. The van der Waals surface area contributed by atoms with E-state index >= 15 is 0 Å². The maximum absolute atomic E-state index is 12.3. The predicted molar refractivity (Wildman–Crippen MR) is 87.8 cm³/mol. The van der Waals surface area contributed by atoms with Gasteiger partial charge in [0.05, 0.1) is 30.7 Å². The van der Waals surface area contributed by atoms with Crippen molar-refractivity contribution in [2.75, 3.05) is 18.5 Å². The highest BCUT2D eigenvalue weighted by Crippen LogP contribution is 2.24. The molecule has 2 N–H and O–H groups in total. The van der Waals surface area contributed by atoms with Crippen molar-refractivity contribution in [3.63, 3.8) is 0 Å². The molecule has 0 aliphatic carbocycles. The molecule has 23 heavy (non-hydrogen) atoms. The number of benzene rings is 1. The molecule has 2 heterocycles. The van der Waals surface area contributed by atoms with E-state index in [0.29, 0.717) is 24.0 Å². The second kappa shape index (κ2) is 6.75. The Hall–Kier alpha value is -2.47. The third-order valence-corrected chi connectivity index (χ3v) is 4.27. The summed E-state index contributed by atoms with van der Waals surface area (Å²) in [6, 6.07) is 9.32. The highest BCUT2D eigenvalue weighted by molar-refractivity contribution is 5.89. The van der Waals surface area contributed by atoms with E-state index in [0.717, 1.165) is 12.0 Å². The molecule has 1 fully saturated rings. The Morgan fingerprint density at radius 3 is 2.65 bits per heavy atom. The third-order valence-electron chi connectivity index (χ3n) is 4.27. The van der Waals surface area contributed by atoms with Gasteiger partial charge in [-0.15, -0.1) is 0 Å². The minimum Gasteiger partial charge on any atom is -0.394 e. The average molecular weight is 312 g/mol. The molecule has 6 nitrogen and oxygen atoms in total. The molecule has 2 atom stereocenters. The number of urea groups is 1. The van der Waals surface area contributed by atoms with Crippen LogP contribution in [-0.2, 0) is 0 Å². The van der Waals surface area contributed by atoms with Gasteiger partial charge in [-0.3, -0.25) is 0 Å². The van der Waals surface area contributed by atoms with Gasteiger partial charge in [0.25, 0.3) is 0 Å². The van der Waals surface area contributed by atoms with E-state index in [1.54, 1.807) is 17.3 Å². The smallest absolute Gasteiger partial charge is 0.322 e. The van der Waals surface area contributed by atoms with Gasteiger partial charge in [0.2, 0.25) is 0 Å². The molecule has 1 aromatic carbocycles. The number of hydrogen-bond acceptors (Lipinski definition) is 4. The van der Waals surface area contributed by atoms with Crippen molar-refractivity contribution in [2.24, 2.45) is 5.92 Å². The van der Waals surface area contributed by atoms with Crippen molar-refractivity contribution in [3.8, 4) is 11.4 Å². The van der Waals surface area contributed by atoms with Crippen molar-refractivity contribution < 1.29 is 9.90 Å². The Balaban J connectivity index is 1.68. The number of aliphatic hydroxyl groups excluding tert-OH is 1. The largest absolute Gasteiger partial charge is 0.394 e. The first-order valence-electron chi connectivity index (χ1n) is 7.75. The summed E-state index contributed by atoms with van der Waals surface area (Å²) in [5, 5.41) is 12.2. The number of nitrogens with zero attached hydrogens (tertiary/aromatic N) is 3. The molecule has 0 unspecified atom stereocenters. The number of carbonyl (C=O) groups is 1. The van der Waals surface area contributed by atoms with Crippen molar-refractivity contribution in [1.82, 2.24) is 14.9 Å². The molecule has 0 radical (unpaired) electrons. The van der Waals surface area contributed by atoms with Gasteiger partial charge in [-0.05, 0) is 12.3 Å². The van der Waals surface area contributed by atoms with Gasteiger partial charge in [-0.1, -0.05) is 37.3 Å². The van der Waals surface area contributed by atoms with Crippen molar-refractivity contribution in [2.45, 2.75) is 19.4 Å². The first-order chi connectivity index (χ1) is 11.2. The maximum Gasteiger partial charge on any atom is 0.322 e. The molecule has 2 amide bonds. The van der Waals surface area contributed by atoms with Crippen LogP contribution in [0.3, 0.4) is 0 Å².